The first-order chi connectivity index (χ1) is 11.7. The van der Waals surface area contributed by atoms with Crippen LogP contribution in [-0.2, 0) is 13.1 Å². The van der Waals surface area contributed by atoms with E-state index in [2.05, 4.69) is 17.4 Å². The van der Waals surface area contributed by atoms with Crippen molar-refractivity contribution in [1.29, 1.82) is 0 Å². The van der Waals surface area contributed by atoms with Crippen molar-refractivity contribution in [2.24, 2.45) is 0 Å². The van der Waals surface area contributed by atoms with Crippen LogP contribution in [0.1, 0.15) is 18.1 Å². The van der Waals surface area contributed by atoms with Gasteiger partial charge in [0, 0.05) is 13.1 Å². The van der Waals surface area contributed by atoms with Crippen LogP contribution in [0.15, 0.2) is 36.4 Å². The molecule has 2 aromatic rings. The number of hydrogen-bond donors (Lipinski definition) is 1. The van der Waals surface area contributed by atoms with Gasteiger partial charge in [-0.05, 0) is 42.3 Å². The summed E-state index contributed by atoms with van der Waals surface area (Å²) >= 11 is 0. The predicted molar refractivity (Wildman–Crippen MR) is 94.3 cm³/mol. The summed E-state index contributed by atoms with van der Waals surface area (Å²) in [4.78, 5) is 0. The number of methoxy groups -OCH3 is 3. The second kappa shape index (κ2) is 9.03. The van der Waals surface area contributed by atoms with Gasteiger partial charge in [0.1, 0.15) is 5.75 Å². The van der Waals surface area contributed by atoms with Gasteiger partial charge in [-0.25, -0.2) is 0 Å². The maximum atomic E-state index is 5.45. The molecule has 0 bridgehead atoms. The Morgan fingerprint density at radius 3 is 1.88 bits per heavy atom. The van der Waals surface area contributed by atoms with Crippen molar-refractivity contribution < 1.29 is 18.9 Å². The normalized spacial score (nSPS) is 10.3. The van der Waals surface area contributed by atoms with Crippen LogP contribution < -0.4 is 24.3 Å². The zero-order valence-electron chi connectivity index (χ0n) is 14.7. The summed E-state index contributed by atoms with van der Waals surface area (Å²) < 4.78 is 21.5. The third kappa shape index (κ3) is 4.55. The molecule has 0 atom stereocenters. The van der Waals surface area contributed by atoms with Gasteiger partial charge in [0.15, 0.2) is 11.5 Å². The van der Waals surface area contributed by atoms with Crippen molar-refractivity contribution in [2.45, 2.75) is 20.0 Å². The minimum atomic E-state index is 0.607. The van der Waals surface area contributed by atoms with Crippen LogP contribution in [0.5, 0.6) is 23.0 Å². The summed E-state index contributed by atoms with van der Waals surface area (Å²) in [5.74, 6) is 2.82. The van der Waals surface area contributed by atoms with E-state index in [-0.39, 0.29) is 0 Å². The van der Waals surface area contributed by atoms with Crippen molar-refractivity contribution >= 4 is 0 Å². The Bertz CT molecular complexity index is 615. The molecule has 24 heavy (non-hydrogen) atoms. The van der Waals surface area contributed by atoms with E-state index in [4.69, 9.17) is 18.9 Å². The smallest absolute Gasteiger partial charge is 0.203 e. The van der Waals surface area contributed by atoms with Gasteiger partial charge in [-0.2, -0.15) is 0 Å². The van der Waals surface area contributed by atoms with Gasteiger partial charge in [0.05, 0.1) is 27.9 Å². The maximum Gasteiger partial charge on any atom is 0.203 e. The third-order valence-electron chi connectivity index (χ3n) is 3.62. The van der Waals surface area contributed by atoms with Crippen LogP contribution in [0.3, 0.4) is 0 Å². The van der Waals surface area contributed by atoms with Crippen LogP contribution in [0.25, 0.3) is 0 Å². The lowest BCUT2D eigenvalue weighted by Crippen LogP contribution is -2.13. The van der Waals surface area contributed by atoms with E-state index in [0.717, 1.165) is 17.9 Å². The van der Waals surface area contributed by atoms with Gasteiger partial charge in [-0.15, -0.1) is 0 Å². The summed E-state index contributed by atoms with van der Waals surface area (Å²) in [7, 11) is 4.84. The Balaban J connectivity index is 1.98. The van der Waals surface area contributed by atoms with Gasteiger partial charge in [0.25, 0.3) is 0 Å². The van der Waals surface area contributed by atoms with E-state index < -0.39 is 0 Å². The first-order valence-electron chi connectivity index (χ1n) is 7.93. The molecule has 0 aromatic heterocycles. The first-order valence-corrected chi connectivity index (χ1v) is 7.93. The average Bonchev–Trinajstić information content (AvgIpc) is 2.62. The van der Waals surface area contributed by atoms with Crippen molar-refractivity contribution in [2.75, 3.05) is 27.9 Å². The number of ether oxygens (including phenoxy) is 4. The topological polar surface area (TPSA) is 49.0 Å². The van der Waals surface area contributed by atoms with Gasteiger partial charge in [0.2, 0.25) is 5.75 Å². The average molecular weight is 331 g/mol. The van der Waals surface area contributed by atoms with Crippen molar-refractivity contribution in [3.8, 4) is 23.0 Å². The summed E-state index contributed by atoms with van der Waals surface area (Å²) in [6.45, 7) is 4.12. The molecule has 0 aliphatic heterocycles. The summed E-state index contributed by atoms with van der Waals surface area (Å²) in [5.41, 5.74) is 2.27. The highest BCUT2D eigenvalue weighted by molar-refractivity contribution is 5.53. The maximum absolute atomic E-state index is 5.45. The molecule has 5 nitrogen and oxygen atoms in total. The third-order valence-corrected chi connectivity index (χ3v) is 3.62. The van der Waals surface area contributed by atoms with Crippen molar-refractivity contribution in [3.63, 3.8) is 0 Å². The van der Waals surface area contributed by atoms with Gasteiger partial charge in [-0.3, -0.25) is 0 Å². The van der Waals surface area contributed by atoms with Crippen LogP contribution >= 0.6 is 0 Å². The van der Waals surface area contributed by atoms with E-state index in [1.54, 1.807) is 21.3 Å². The molecule has 0 radical (unpaired) electrons. The molecular formula is C19H25NO4. The predicted octanol–water partition coefficient (Wildman–Crippen LogP) is 3.40. The minimum Gasteiger partial charge on any atom is -0.494 e. The van der Waals surface area contributed by atoms with E-state index in [1.807, 2.05) is 31.2 Å². The van der Waals surface area contributed by atoms with Crippen LogP contribution in [0, 0.1) is 0 Å². The largest absolute Gasteiger partial charge is 0.494 e. The van der Waals surface area contributed by atoms with Crippen LogP contribution in [0.4, 0.5) is 0 Å². The SMILES string of the molecule is CCOc1ccc(CNCc2cc(OC)c(OC)c(OC)c2)cc1. The lowest BCUT2D eigenvalue weighted by atomic mass is 10.1. The van der Waals surface area contributed by atoms with E-state index in [1.165, 1.54) is 5.56 Å². The lowest BCUT2D eigenvalue weighted by Gasteiger charge is -2.14. The molecule has 1 N–H and O–H groups in total. The van der Waals surface area contributed by atoms with Crippen LogP contribution in [-0.4, -0.2) is 27.9 Å². The standard InChI is InChI=1S/C19H25NO4/c1-5-24-16-8-6-14(7-9-16)12-20-13-15-10-17(21-2)19(23-4)18(11-15)22-3/h6-11,20H,5,12-13H2,1-4H3. The van der Waals surface area contributed by atoms with Crippen molar-refractivity contribution in [3.05, 3.63) is 47.5 Å². The molecule has 0 unspecified atom stereocenters. The Kier molecular flexibility index (Phi) is 6.75. The first kappa shape index (κ1) is 17.9. The molecule has 0 aliphatic rings. The minimum absolute atomic E-state index is 0.607. The van der Waals surface area contributed by atoms with E-state index >= 15 is 0 Å². The number of hydrogen-bond acceptors (Lipinski definition) is 5. The molecule has 0 saturated carbocycles. The van der Waals surface area contributed by atoms with Gasteiger partial charge in [-0.1, -0.05) is 12.1 Å². The fourth-order valence-electron chi connectivity index (χ4n) is 2.46. The zero-order valence-corrected chi connectivity index (χ0v) is 14.7. The quantitative estimate of drug-likeness (QED) is 0.763. The van der Waals surface area contributed by atoms with Gasteiger partial charge < -0.3 is 24.3 Å². The molecule has 5 heteroatoms. The highest BCUT2D eigenvalue weighted by atomic mass is 16.5. The second-order valence-corrected chi connectivity index (χ2v) is 5.21. The number of nitrogens with one attached hydrogen (secondary N) is 1. The molecule has 130 valence electrons. The lowest BCUT2D eigenvalue weighted by molar-refractivity contribution is 0.323. The van der Waals surface area contributed by atoms with E-state index in [9.17, 15) is 0 Å². The molecule has 0 spiro atoms. The zero-order chi connectivity index (χ0) is 17.4. The monoisotopic (exact) mass is 331 g/mol. The Morgan fingerprint density at radius 1 is 0.792 bits per heavy atom. The summed E-state index contributed by atoms with van der Waals surface area (Å²) in [6, 6.07) is 12.0. The molecule has 2 rings (SSSR count). The highest BCUT2D eigenvalue weighted by Gasteiger charge is 2.12. The van der Waals surface area contributed by atoms with E-state index in [0.29, 0.717) is 30.4 Å². The summed E-state index contributed by atoms with van der Waals surface area (Å²) in [5, 5.41) is 3.42. The second-order valence-electron chi connectivity index (χ2n) is 5.21. The molecule has 2 aromatic carbocycles. The number of rotatable bonds is 9. The van der Waals surface area contributed by atoms with Crippen LogP contribution in [0.2, 0.25) is 0 Å². The Labute approximate surface area is 143 Å². The molecular weight excluding hydrogens is 306 g/mol. The summed E-state index contributed by atoms with van der Waals surface area (Å²) in [6.07, 6.45) is 0. The van der Waals surface area contributed by atoms with Crippen molar-refractivity contribution in [1.82, 2.24) is 5.32 Å². The molecule has 0 amide bonds. The molecule has 0 fully saturated rings. The van der Waals surface area contributed by atoms with Gasteiger partial charge >= 0.3 is 0 Å². The fraction of sp³-hybridized carbons (Fsp3) is 0.368. The molecule has 0 heterocycles. The Morgan fingerprint density at radius 2 is 1.38 bits per heavy atom. The molecule has 0 aliphatic carbocycles. The number of benzene rings is 2. The fourth-order valence-corrected chi connectivity index (χ4v) is 2.46. The highest BCUT2D eigenvalue weighted by Crippen LogP contribution is 2.38. The Hall–Kier alpha value is -2.40. The molecule has 0 saturated heterocycles.